The van der Waals surface area contributed by atoms with Crippen LogP contribution in [0.5, 0.6) is 0 Å². The third kappa shape index (κ3) is 4.30. The first kappa shape index (κ1) is 20.6. The highest BCUT2D eigenvalue weighted by molar-refractivity contribution is 5.87. The lowest BCUT2D eigenvalue weighted by Crippen LogP contribution is -2.52. The summed E-state index contributed by atoms with van der Waals surface area (Å²) in [6, 6.07) is 3.79. The molecule has 1 unspecified atom stereocenters. The molecular formula is C20H20F2N6O3. The minimum atomic E-state index is -0.697. The fraction of sp³-hybridized carbons (Fsp3) is 0.350. The number of methoxy groups -OCH3 is 1. The van der Waals surface area contributed by atoms with Crippen molar-refractivity contribution < 1.29 is 23.1 Å². The summed E-state index contributed by atoms with van der Waals surface area (Å²) in [6.07, 6.45) is 3.42. The Morgan fingerprint density at radius 2 is 1.81 bits per heavy atom. The molecule has 0 radical (unpaired) electrons. The molecule has 0 aliphatic carbocycles. The quantitative estimate of drug-likeness (QED) is 0.694. The highest BCUT2D eigenvalue weighted by Gasteiger charge is 2.34. The van der Waals surface area contributed by atoms with E-state index >= 15 is 0 Å². The second-order valence-corrected chi connectivity index (χ2v) is 7.09. The maximum absolute atomic E-state index is 13.6. The van der Waals surface area contributed by atoms with E-state index in [1.807, 2.05) is 4.90 Å². The number of hydrazone groups is 1. The summed E-state index contributed by atoms with van der Waals surface area (Å²) in [4.78, 5) is 36.6. The maximum Gasteiger partial charge on any atom is 0.356 e. The van der Waals surface area contributed by atoms with Gasteiger partial charge in [-0.05, 0) is 23.8 Å². The molecular weight excluding hydrogens is 410 g/mol. The number of rotatable bonds is 3. The van der Waals surface area contributed by atoms with Gasteiger partial charge in [-0.2, -0.15) is 5.10 Å². The highest BCUT2D eigenvalue weighted by atomic mass is 19.1. The Hall–Kier alpha value is -3.63. The van der Waals surface area contributed by atoms with Crippen LogP contribution in [0.15, 0.2) is 35.6 Å². The molecule has 3 heterocycles. The number of hydrogen-bond donors (Lipinski definition) is 0. The number of urea groups is 1. The molecule has 2 aliphatic heterocycles. The molecule has 0 spiro atoms. The zero-order valence-electron chi connectivity index (χ0n) is 16.7. The number of amides is 2. The third-order valence-corrected chi connectivity index (χ3v) is 5.17. The first-order chi connectivity index (χ1) is 15.0. The number of nitrogens with zero attached hydrogens (tertiary/aromatic N) is 6. The van der Waals surface area contributed by atoms with Gasteiger partial charge >= 0.3 is 12.0 Å². The van der Waals surface area contributed by atoms with Crippen molar-refractivity contribution in [3.05, 3.63) is 53.4 Å². The molecule has 0 N–H and O–H groups in total. The molecule has 9 nitrogen and oxygen atoms in total. The molecule has 2 amide bonds. The normalized spacial score (nSPS) is 18.4. The molecule has 0 bridgehead atoms. The van der Waals surface area contributed by atoms with E-state index in [4.69, 9.17) is 0 Å². The molecule has 1 atom stereocenters. The fourth-order valence-electron chi connectivity index (χ4n) is 3.60. The van der Waals surface area contributed by atoms with Gasteiger partial charge in [0, 0.05) is 51.1 Å². The standard InChI is InChI=1S/C20H20F2N6O3/c1-31-18(29)16-2-4-23-19(25-16)26-6-8-27(9-7-26)20(30)28-17(3-5-24-28)13-10-14(21)12-15(22)11-13/h2,4-5,10-12,17H,3,6-9H2,1H3. The second kappa shape index (κ2) is 8.62. The van der Waals surface area contributed by atoms with Crippen LogP contribution in [0.25, 0.3) is 0 Å². The first-order valence-electron chi connectivity index (χ1n) is 9.69. The lowest BCUT2D eigenvalue weighted by Gasteiger charge is -2.37. The van der Waals surface area contributed by atoms with Gasteiger partial charge < -0.3 is 14.5 Å². The van der Waals surface area contributed by atoms with Crippen LogP contribution in [0.1, 0.15) is 28.5 Å². The number of aromatic nitrogens is 2. The summed E-state index contributed by atoms with van der Waals surface area (Å²) in [6.45, 7) is 1.65. The fourth-order valence-corrected chi connectivity index (χ4v) is 3.60. The molecule has 1 aromatic heterocycles. The number of esters is 1. The van der Waals surface area contributed by atoms with Crippen LogP contribution in [0.2, 0.25) is 0 Å². The highest BCUT2D eigenvalue weighted by Crippen LogP contribution is 2.30. The lowest BCUT2D eigenvalue weighted by molar-refractivity contribution is 0.0594. The van der Waals surface area contributed by atoms with Gasteiger partial charge in [-0.15, -0.1) is 0 Å². The van der Waals surface area contributed by atoms with Crippen LogP contribution >= 0.6 is 0 Å². The Kier molecular flexibility index (Phi) is 5.74. The molecule has 1 aromatic carbocycles. The SMILES string of the molecule is COC(=O)c1ccnc(N2CCN(C(=O)N3N=CCC3c3cc(F)cc(F)c3)CC2)n1. The van der Waals surface area contributed by atoms with E-state index in [-0.39, 0.29) is 11.7 Å². The van der Waals surface area contributed by atoms with Crippen LogP contribution in [-0.4, -0.2) is 71.4 Å². The van der Waals surface area contributed by atoms with E-state index in [0.29, 0.717) is 44.1 Å². The Balaban J connectivity index is 1.42. The second-order valence-electron chi connectivity index (χ2n) is 7.09. The molecule has 2 aromatic rings. The third-order valence-electron chi connectivity index (χ3n) is 5.17. The van der Waals surface area contributed by atoms with Gasteiger partial charge in [-0.3, -0.25) is 0 Å². The Labute approximate surface area is 176 Å². The van der Waals surface area contributed by atoms with Gasteiger partial charge in [0.2, 0.25) is 5.95 Å². The number of hydrogen-bond acceptors (Lipinski definition) is 7. The Bertz CT molecular complexity index is 1010. The van der Waals surface area contributed by atoms with Crippen molar-refractivity contribution >= 4 is 24.2 Å². The average molecular weight is 430 g/mol. The van der Waals surface area contributed by atoms with Crippen molar-refractivity contribution in [3.63, 3.8) is 0 Å². The van der Waals surface area contributed by atoms with E-state index in [9.17, 15) is 18.4 Å². The van der Waals surface area contributed by atoms with Crippen molar-refractivity contribution in [2.75, 3.05) is 38.2 Å². The van der Waals surface area contributed by atoms with Crippen LogP contribution in [0.4, 0.5) is 19.5 Å². The van der Waals surface area contributed by atoms with E-state index < -0.39 is 23.6 Å². The van der Waals surface area contributed by atoms with Crippen LogP contribution < -0.4 is 4.90 Å². The lowest BCUT2D eigenvalue weighted by atomic mass is 10.0. The Morgan fingerprint density at radius 3 is 2.48 bits per heavy atom. The molecule has 11 heteroatoms. The predicted octanol–water partition coefficient (Wildman–Crippen LogP) is 2.22. The van der Waals surface area contributed by atoms with E-state index in [2.05, 4.69) is 19.8 Å². The van der Waals surface area contributed by atoms with E-state index in [1.165, 1.54) is 36.5 Å². The number of carbonyl (C=O) groups is 2. The topological polar surface area (TPSA) is 91.2 Å². The average Bonchev–Trinajstić information content (AvgIpc) is 3.27. The van der Waals surface area contributed by atoms with E-state index in [1.54, 1.807) is 11.1 Å². The van der Waals surface area contributed by atoms with Crippen molar-refractivity contribution in [3.8, 4) is 0 Å². The number of carbonyl (C=O) groups excluding carboxylic acids is 2. The van der Waals surface area contributed by atoms with Gasteiger partial charge in [-0.25, -0.2) is 33.3 Å². The zero-order chi connectivity index (χ0) is 22.0. The molecule has 31 heavy (non-hydrogen) atoms. The first-order valence-corrected chi connectivity index (χ1v) is 9.69. The molecule has 1 fully saturated rings. The number of piperazine rings is 1. The van der Waals surface area contributed by atoms with Gasteiger partial charge in [0.1, 0.15) is 11.6 Å². The predicted molar refractivity (Wildman–Crippen MR) is 107 cm³/mol. The summed E-state index contributed by atoms with van der Waals surface area (Å²) in [5.41, 5.74) is 0.512. The largest absolute Gasteiger partial charge is 0.464 e. The van der Waals surface area contributed by atoms with Crippen LogP contribution in [0, 0.1) is 11.6 Å². The molecule has 1 saturated heterocycles. The Morgan fingerprint density at radius 1 is 1.10 bits per heavy atom. The van der Waals surface area contributed by atoms with E-state index in [0.717, 1.165) is 6.07 Å². The summed E-state index contributed by atoms with van der Waals surface area (Å²) in [5, 5.41) is 5.39. The number of anilines is 1. The van der Waals surface area contributed by atoms with Gasteiger partial charge in [-0.1, -0.05) is 0 Å². The summed E-state index contributed by atoms with van der Waals surface area (Å²) in [7, 11) is 1.28. The summed E-state index contributed by atoms with van der Waals surface area (Å²) < 4.78 is 31.9. The molecule has 0 saturated carbocycles. The number of benzene rings is 1. The maximum atomic E-state index is 13.6. The number of halogens is 2. The summed E-state index contributed by atoms with van der Waals surface area (Å²) >= 11 is 0. The molecule has 162 valence electrons. The number of ether oxygens (including phenoxy) is 1. The van der Waals surface area contributed by atoms with Gasteiger partial charge in [0.15, 0.2) is 5.69 Å². The minimum Gasteiger partial charge on any atom is -0.464 e. The van der Waals surface area contributed by atoms with Gasteiger partial charge in [0.05, 0.1) is 13.2 Å². The van der Waals surface area contributed by atoms with Crippen molar-refractivity contribution in [1.29, 1.82) is 0 Å². The van der Waals surface area contributed by atoms with Crippen molar-refractivity contribution in [1.82, 2.24) is 19.9 Å². The van der Waals surface area contributed by atoms with Gasteiger partial charge in [0.25, 0.3) is 0 Å². The summed E-state index contributed by atoms with van der Waals surface area (Å²) in [5.74, 6) is -1.57. The zero-order valence-corrected chi connectivity index (χ0v) is 16.7. The van der Waals surface area contributed by atoms with Crippen LogP contribution in [0.3, 0.4) is 0 Å². The molecule has 2 aliphatic rings. The van der Waals surface area contributed by atoms with Crippen molar-refractivity contribution in [2.24, 2.45) is 5.10 Å². The molecule has 4 rings (SSSR count). The van der Waals surface area contributed by atoms with Crippen molar-refractivity contribution in [2.45, 2.75) is 12.5 Å². The monoisotopic (exact) mass is 430 g/mol. The smallest absolute Gasteiger partial charge is 0.356 e. The van der Waals surface area contributed by atoms with Crippen LogP contribution in [-0.2, 0) is 4.74 Å². The minimum absolute atomic E-state index is 0.155.